The Bertz CT molecular complexity index is 15.5. The summed E-state index contributed by atoms with van der Waals surface area (Å²) in [5.74, 6) is 0. The molecule has 0 aromatic rings. The number of hydrogen-bond acceptors (Lipinski definition) is 0. The van der Waals surface area contributed by atoms with Crippen molar-refractivity contribution in [1.82, 2.24) is 0 Å². The van der Waals surface area contributed by atoms with Crippen LogP contribution in [0.15, 0.2) is 0 Å². The van der Waals surface area contributed by atoms with Gasteiger partial charge in [0.25, 0.3) is 0 Å². The fourth-order valence-corrected chi connectivity index (χ4v) is 0. The molecule has 48 valence electrons. The monoisotopic (exact) mass is 613 g/mol. The fourth-order valence-electron chi connectivity index (χ4n) is 0. The fraction of sp³-hybridized carbons (Fsp3) is 0. The van der Waals surface area contributed by atoms with E-state index in [1.54, 1.807) is 0 Å². The standard InChI is InChI=1S/BH3.Co.Cr.Pd.Pt.Re/h1H3;;;;;. The van der Waals surface area contributed by atoms with E-state index < -0.39 is 0 Å². The third-order valence-corrected chi connectivity index (χ3v) is 0. The van der Waals surface area contributed by atoms with Crippen molar-refractivity contribution in [3.05, 3.63) is 0 Å². The van der Waals surface area contributed by atoms with E-state index in [9.17, 15) is 0 Å². The van der Waals surface area contributed by atoms with Gasteiger partial charge in [0.1, 0.15) is 0 Å². The van der Waals surface area contributed by atoms with Crippen LogP contribution in [0.2, 0.25) is 0 Å². The minimum absolute atomic E-state index is 0. The van der Waals surface area contributed by atoms with Gasteiger partial charge in [0.05, 0.1) is 8.41 Å². The minimum atomic E-state index is 0. The van der Waals surface area contributed by atoms with Gasteiger partial charge in [-0.1, -0.05) is 0 Å². The summed E-state index contributed by atoms with van der Waals surface area (Å²) in [5, 5.41) is 0. The molecule has 0 N–H and O–H groups in total. The molecule has 0 aromatic carbocycles. The Morgan fingerprint density at radius 2 is 1.00 bits per heavy atom. The van der Waals surface area contributed by atoms with E-state index in [1.165, 1.54) is 0 Å². The molecular formula is H3BCoCrPdPtRe. The van der Waals surface area contributed by atoms with E-state index in [0.717, 1.165) is 0 Å². The van der Waals surface area contributed by atoms with Crippen molar-refractivity contribution < 1.29 is 96.1 Å². The summed E-state index contributed by atoms with van der Waals surface area (Å²) in [6.07, 6.45) is 0. The van der Waals surface area contributed by atoms with E-state index in [0.29, 0.717) is 0 Å². The van der Waals surface area contributed by atoms with Gasteiger partial charge in [-0.05, 0) is 0 Å². The maximum atomic E-state index is 0. The Balaban J connectivity index is 0. The van der Waals surface area contributed by atoms with Crippen molar-refractivity contribution in [1.29, 1.82) is 0 Å². The molecule has 0 fully saturated rings. The Kier molecular flexibility index (Phi) is 436. The van der Waals surface area contributed by atoms with Crippen molar-refractivity contribution in [2.75, 3.05) is 0 Å². The van der Waals surface area contributed by atoms with Crippen LogP contribution in [-0.4, -0.2) is 8.41 Å². The van der Waals surface area contributed by atoms with Gasteiger partial charge in [-0.25, -0.2) is 0 Å². The van der Waals surface area contributed by atoms with Crippen molar-refractivity contribution in [3.8, 4) is 0 Å². The van der Waals surface area contributed by atoms with Crippen LogP contribution < -0.4 is 0 Å². The molecule has 0 saturated heterocycles. The summed E-state index contributed by atoms with van der Waals surface area (Å²) in [6.45, 7) is 0. The molecule has 0 amide bonds. The maximum absolute atomic E-state index is 0. The molecule has 0 nitrogen and oxygen atoms in total. The van der Waals surface area contributed by atoms with Gasteiger partial charge in [-0.3, -0.25) is 0 Å². The molecule has 0 spiro atoms. The van der Waals surface area contributed by atoms with E-state index in [1.807, 2.05) is 0 Å². The predicted molar refractivity (Wildman–Crippen MR) is 9.94 cm³/mol. The normalized spacial score (nSPS) is 0. The van der Waals surface area contributed by atoms with E-state index in [4.69, 9.17) is 0 Å². The zero-order valence-electron chi connectivity index (χ0n) is 1.75. The van der Waals surface area contributed by atoms with Gasteiger partial charge in [-0.15, -0.1) is 0 Å². The third kappa shape index (κ3) is 27.4. The number of hydrogen-bond donors (Lipinski definition) is 0. The second-order valence-corrected chi connectivity index (χ2v) is 0. The third-order valence-electron chi connectivity index (χ3n) is 0. The van der Waals surface area contributed by atoms with Crippen LogP contribution in [0.3, 0.4) is 0 Å². The molecule has 2 radical (unpaired) electrons. The van der Waals surface area contributed by atoms with Crippen LogP contribution >= 0.6 is 0 Å². The molecule has 0 aliphatic heterocycles. The van der Waals surface area contributed by atoms with Crippen molar-refractivity contribution in [3.63, 3.8) is 0 Å². The van der Waals surface area contributed by atoms with Crippen LogP contribution in [0.1, 0.15) is 0 Å². The number of rotatable bonds is 0. The average Bonchev–Trinajstić information content (AvgIpc) is 0. The van der Waals surface area contributed by atoms with Gasteiger partial charge in [-0.2, -0.15) is 0 Å². The molecule has 0 aromatic heterocycles. The molecule has 0 unspecified atom stereocenters. The Morgan fingerprint density at radius 3 is 1.00 bits per heavy atom. The van der Waals surface area contributed by atoms with Crippen LogP contribution in [0.5, 0.6) is 0 Å². The van der Waals surface area contributed by atoms with Crippen molar-refractivity contribution in [2.24, 2.45) is 0 Å². The first-order valence-corrected chi connectivity index (χ1v) is 0. The second kappa shape index (κ2) is 42.3. The van der Waals surface area contributed by atoms with Crippen LogP contribution in [0, 0.1) is 0 Å². The summed E-state index contributed by atoms with van der Waals surface area (Å²) >= 11 is 0. The van der Waals surface area contributed by atoms with Crippen LogP contribution in [0.25, 0.3) is 0 Å². The van der Waals surface area contributed by atoms with E-state index in [2.05, 4.69) is 0 Å². The zero-order valence-corrected chi connectivity index (χ0v) is 10.6. The van der Waals surface area contributed by atoms with E-state index >= 15 is 0 Å². The molecule has 0 atom stereocenters. The molecule has 0 saturated carbocycles. The topological polar surface area (TPSA) is 0 Å². The maximum Gasteiger partial charge on any atom is 0.0814 e. The quantitative estimate of drug-likeness (QED) is 0.302. The van der Waals surface area contributed by atoms with Crippen LogP contribution in [0.4, 0.5) is 0 Å². The molecule has 0 heterocycles. The Hall–Kier alpha value is 3.12. The average molecular weight is 612 g/mol. The van der Waals surface area contributed by atoms with Gasteiger partial charge in [0, 0.05) is 96.1 Å². The smallest absolute Gasteiger partial charge is 0 e. The summed E-state index contributed by atoms with van der Waals surface area (Å²) < 4.78 is 0. The largest absolute Gasteiger partial charge is 0.0814 e. The SMILES string of the molecule is B.[Co].[Cr].[Pd].[Pt].[Re]. The summed E-state index contributed by atoms with van der Waals surface area (Å²) in [6, 6.07) is 0. The van der Waals surface area contributed by atoms with Gasteiger partial charge >= 0.3 is 0 Å². The van der Waals surface area contributed by atoms with Crippen LogP contribution in [-0.2, 0) is 96.1 Å². The predicted octanol–water partition coefficient (Wildman–Crippen LogP) is -1.20. The van der Waals surface area contributed by atoms with Gasteiger partial charge in [0.15, 0.2) is 0 Å². The first-order chi connectivity index (χ1) is 0. The van der Waals surface area contributed by atoms with Crippen molar-refractivity contribution in [2.45, 2.75) is 0 Å². The minimum Gasteiger partial charge on any atom is 0 e. The van der Waals surface area contributed by atoms with Gasteiger partial charge in [0.2, 0.25) is 0 Å². The first-order valence-electron chi connectivity index (χ1n) is 0. The summed E-state index contributed by atoms with van der Waals surface area (Å²) in [5.41, 5.74) is 0. The molecule has 0 aliphatic carbocycles. The van der Waals surface area contributed by atoms with Gasteiger partial charge < -0.3 is 0 Å². The van der Waals surface area contributed by atoms with E-state index in [-0.39, 0.29) is 104 Å². The summed E-state index contributed by atoms with van der Waals surface area (Å²) in [4.78, 5) is 0. The molecule has 6 heteroatoms. The molecule has 0 aliphatic rings. The molecular weight excluding hydrogens is 609 g/mol. The van der Waals surface area contributed by atoms with Crippen molar-refractivity contribution >= 4 is 8.41 Å². The second-order valence-electron chi connectivity index (χ2n) is 0. The Morgan fingerprint density at radius 1 is 1.00 bits per heavy atom. The zero-order chi connectivity index (χ0) is 0. The first kappa shape index (κ1) is 61.8. The molecule has 6 heavy (non-hydrogen) atoms. The molecule has 0 bridgehead atoms. The summed E-state index contributed by atoms with van der Waals surface area (Å²) in [7, 11) is 0. The molecule has 0 rings (SSSR count). The Labute approximate surface area is 103 Å².